The highest BCUT2D eigenvalue weighted by molar-refractivity contribution is 6.43. The molecule has 0 saturated carbocycles. The average Bonchev–Trinajstić information content (AvgIpc) is 2.58. The van der Waals surface area contributed by atoms with Gasteiger partial charge in [0, 0.05) is 12.2 Å². The van der Waals surface area contributed by atoms with Crippen molar-refractivity contribution in [3.63, 3.8) is 0 Å². The van der Waals surface area contributed by atoms with Crippen molar-refractivity contribution >= 4 is 13.2 Å². The summed E-state index contributed by atoms with van der Waals surface area (Å²) in [4.78, 5) is 13.6. The number of rotatable bonds is 2. The monoisotopic (exact) mass is 279 g/mol. The molecule has 0 amide bonds. The van der Waals surface area contributed by atoms with E-state index < -0.39 is 18.5 Å². The Balaban J connectivity index is 2.18. The molecule has 0 N–H and O–H groups in total. The van der Waals surface area contributed by atoms with E-state index in [4.69, 9.17) is 14.0 Å². The van der Waals surface area contributed by atoms with Crippen LogP contribution in [-0.2, 0) is 18.8 Å². The molecule has 5 nitrogen and oxygen atoms in total. The lowest BCUT2D eigenvalue weighted by atomic mass is 9.90. The van der Waals surface area contributed by atoms with Crippen LogP contribution in [0.5, 0.6) is 0 Å². The maximum absolute atomic E-state index is 11.7. The van der Waals surface area contributed by atoms with Crippen LogP contribution in [0.4, 0.5) is 0 Å². The molecule has 2 aliphatic rings. The van der Waals surface area contributed by atoms with Crippen LogP contribution in [0.3, 0.4) is 0 Å². The van der Waals surface area contributed by atoms with Gasteiger partial charge < -0.3 is 18.9 Å². The Morgan fingerprint density at radius 3 is 2.30 bits per heavy atom. The van der Waals surface area contributed by atoms with Gasteiger partial charge in [0.1, 0.15) is 0 Å². The van der Waals surface area contributed by atoms with Crippen LogP contribution in [-0.4, -0.2) is 42.9 Å². The molecule has 0 atom stereocenters. The van der Waals surface area contributed by atoms with Gasteiger partial charge in [-0.1, -0.05) is 0 Å². The van der Waals surface area contributed by atoms with E-state index in [0.29, 0.717) is 12.1 Å². The minimum Gasteiger partial charge on any atom is -0.466 e. The number of ether oxygens (including phenoxy) is 1. The number of allylic oxidation sites excluding steroid dienone is 3. The van der Waals surface area contributed by atoms with Crippen molar-refractivity contribution in [1.29, 1.82) is 0 Å². The number of carbonyl (C=O) groups is 1. The molecule has 6 heteroatoms. The van der Waals surface area contributed by atoms with Gasteiger partial charge in [-0.05, 0) is 46.8 Å². The zero-order chi connectivity index (χ0) is 15.1. The first-order valence-corrected chi connectivity index (χ1v) is 6.76. The van der Waals surface area contributed by atoms with Crippen molar-refractivity contribution in [1.82, 2.24) is 4.81 Å². The Bertz CT molecular complexity index is 466. The van der Waals surface area contributed by atoms with E-state index in [1.165, 1.54) is 7.11 Å². The Morgan fingerprint density at radius 1 is 1.25 bits per heavy atom. The summed E-state index contributed by atoms with van der Waals surface area (Å²) in [5, 5.41) is 0. The number of methoxy groups -OCH3 is 1. The molecule has 2 rings (SSSR count). The molecule has 2 heterocycles. The molecule has 0 bridgehead atoms. The van der Waals surface area contributed by atoms with Crippen LogP contribution in [0.1, 0.15) is 34.6 Å². The van der Waals surface area contributed by atoms with Gasteiger partial charge in [-0.3, -0.25) is 0 Å². The van der Waals surface area contributed by atoms with Crippen molar-refractivity contribution in [3.8, 4) is 0 Å². The van der Waals surface area contributed by atoms with E-state index in [9.17, 15) is 4.79 Å². The van der Waals surface area contributed by atoms with Crippen LogP contribution < -0.4 is 0 Å². The lowest BCUT2D eigenvalue weighted by Crippen LogP contribution is -2.44. The van der Waals surface area contributed by atoms with Crippen molar-refractivity contribution in [2.45, 2.75) is 45.8 Å². The Kier molecular flexibility index (Phi) is 3.73. The minimum atomic E-state index is -0.496. The molecule has 0 aromatic carbocycles. The molecular formula is C14H22BNO4. The summed E-state index contributed by atoms with van der Waals surface area (Å²) >= 11 is 0. The van der Waals surface area contributed by atoms with Crippen LogP contribution in [0.15, 0.2) is 23.4 Å². The predicted octanol–water partition coefficient (Wildman–Crippen LogP) is 1.89. The second-order valence-electron chi connectivity index (χ2n) is 6.18. The topological polar surface area (TPSA) is 48.0 Å². The third-order valence-electron chi connectivity index (χ3n) is 4.26. The van der Waals surface area contributed by atoms with E-state index in [-0.39, 0.29) is 5.97 Å². The second-order valence-corrected chi connectivity index (χ2v) is 6.18. The van der Waals surface area contributed by atoms with Crippen molar-refractivity contribution in [2.75, 3.05) is 13.7 Å². The fourth-order valence-electron chi connectivity index (χ4n) is 2.12. The number of nitrogens with zero attached hydrogens (tertiary/aromatic N) is 1. The van der Waals surface area contributed by atoms with Gasteiger partial charge in [0.25, 0.3) is 0 Å². The lowest BCUT2D eigenvalue weighted by Gasteiger charge is -2.32. The summed E-state index contributed by atoms with van der Waals surface area (Å²) in [6.07, 6.45) is 3.66. The molecule has 0 aliphatic carbocycles. The Morgan fingerprint density at radius 2 is 1.80 bits per heavy atom. The largest absolute Gasteiger partial charge is 0.594 e. The summed E-state index contributed by atoms with van der Waals surface area (Å²) in [6, 6.07) is 0. The predicted molar refractivity (Wildman–Crippen MR) is 76.6 cm³/mol. The molecule has 20 heavy (non-hydrogen) atoms. The van der Waals surface area contributed by atoms with Crippen LogP contribution in [0.25, 0.3) is 0 Å². The molecule has 0 spiro atoms. The Labute approximate surface area is 120 Å². The smallest absolute Gasteiger partial charge is 0.466 e. The molecular weight excluding hydrogens is 257 g/mol. The second kappa shape index (κ2) is 4.93. The molecule has 0 unspecified atom stereocenters. The van der Waals surface area contributed by atoms with E-state index in [1.807, 2.05) is 45.5 Å². The van der Waals surface area contributed by atoms with E-state index in [0.717, 1.165) is 5.70 Å². The van der Waals surface area contributed by atoms with E-state index >= 15 is 0 Å². The highest BCUT2D eigenvalue weighted by atomic mass is 16.7. The van der Waals surface area contributed by atoms with Gasteiger partial charge >= 0.3 is 13.2 Å². The molecule has 0 radical (unpaired) electrons. The van der Waals surface area contributed by atoms with Gasteiger partial charge in [0.2, 0.25) is 0 Å². The third-order valence-corrected chi connectivity index (χ3v) is 4.26. The molecule has 1 fully saturated rings. The SMILES string of the molecule is COC(=O)C1=CC=C(C)N(B2OC(C)(C)C(C)(C)O2)C1. The number of hydrogen-bond donors (Lipinski definition) is 0. The lowest BCUT2D eigenvalue weighted by molar-refractivity contribution is -0.136. The first-order valence-electron chi connectivity index (χ1n) is 6.76. The van der Waals surface area contributed by atoms with Gasteiger partial charge in [0.05, 0.1) is 23.9 Å². The summed E-state index contributed by atoms with van der Waals surface area (Å²) in [6.45, 7) is 10.4. The highest BCUT2D eigenvalue weighted by Crippen LogP contribution is 2.38. The minimum absolute atomic E-state index is 0.324. The highest BCUT2D eigenvalue weighted by Gasteiger charge is 2.54. The maximum Gasteiger partial charge on any atom is 0.594 e. The number of hydrogen-bond acceptors (Lipinski definition) is 5. The van der Waals surface area contributed by atoms with Crippen LogP contribution >= 0.6 is 0 Å². The molecule has 0 aromatic rings. The fourth-order valence-corrected chi connectivity index (χ4v) is 2.12. The molecule has 1 saturated heterocycles. The summed E-state index contributed by atoms with van der Waals surface area (Å²) in [5.74, 6) is -0.324. The Hall–Kier alpha value is -1.27. The summed E-state index contributed by atoms with van der Waals surface area (Å²) in [5.41, 5.74) is 0.790. The van der Waals surface area contributed by atoms with Crippen molar-refractivity contribution in [2.24, 2.45) is 0 Å². The van der Waals surface area contributed by atoms with Crippen LogP contribution in [0, 0.1) is 0 Å². The van der Waals surface area contributed by atoms with Crippen LogP contribution in [0.2, 0.25) is 0 Å². The fraction of sp³-hybridized carbons (Fsp3) is 0.643. The normalized spacial score (nSPS) is 24.3. The zero-order valence-corrected chi connectivity index (χ0v) is 13.0. The van der Waals surface area contributed by atoms with E-state index in [1.54, 1.807) is 6.08 Å². The van der Waals surface area contributed by atoms with Gasteiger partial charge in [-0.15, -0.1) is 0 Å². The zero-order valence-electron chi connectivity index (χ0n) is 13.0. The first kappa shape index (κ1) is 15.1. The van der Waals surface area contributed by atoms with Crippen molar-refractivity contribution < 1.29 is 18.8 Å². The first-order chi connectivity index (χ1) is 9.18. The quantitative estimate of drug-likeness (QED) is 0.570. The van der Waals surface area contributed by atoms with Gasteiger partial charge in [-0.2, -0.15) is 0 Å². The van der Waals surface area contributed by atoms with Gasteiger partial charge in [-0.25, -0.2) is 4.79 Å². The molecule has 2 aliphatic heterocycles. The molecule has 0 aromatic heterocycles. The standard InChI is InChI=1S/C14H22BNO4/c1-10-7-8-11(12(17)18-6)9-16(10)15-19-13(2,3)14(4,5)20-15/h7-8H,9H2,1-6H3. The van der Waals surface area contributed by atoms with E-state index in [2.05, 4.69) is 0 Å². The van der Waals surface area contributed by atoms with Gasteiger partial charge in [0.15, 0.2) is 0 Å². The third kappa shape index (κ3) is 2.50. The average molecular weight is 279 g/mol. The molecule has 110 valence electrons. The summed E-state index contributed by atoms with van der Waals surface area (Å²) in [7, 11) is 0.887. The number of esters is 1. The van der Waals surface area contributed by atoms with Crippen molar-refractivity contribution in [3.05, 3.63) is 23.4 Å². The maximum atomic E-state index is 11.7. The number of carbonyl (C=O) groups excluding carboxylic acids is 1. The summed E-state index contributed by atoms with van der Waals surface area (Å²) < 4.78 is 16.8.